The zero-order valence-corrected chi connectivity index (χ0v) is 16.9. The Morgan fingerprint density at radius 2 is 1.57 bits per heavy atom. The molecule has 3 aromatic rings. The van der Waals surface area contributed by atoms with Crippen molar-refractivity contribution in [2.75, 3.05) is 6.61 Å². The van der Waals surface area contributed by atoms with Crippen LogP contribution in [0.4, 0.5) is 0 Å². The fourth-order valence-electron chi connectivity index (χ4n) is 2.94. The molecule has 0 unspecified atom stereocenters. The molecule has 30 heavy (non-hydrogen) atoms. The average Bonchev–Trinajstić information content (AvgIpc) is 2.81. The molecule has 0 radical (unpaired) electrons. The molecular weight excluding hydrogens is 378 g/mol. The summed E-state index contributed by atoms with van der Waals surface area (Å²) < 4.78 is 5.62. The number of rotatable bonds is 9. The summed E-state index contributed by atoms with van der Waals surface area (Å²) in [5.74, 6) is 0.130. The van der Waals surface area contributed by atoms with E-state index in [9.17, 15) is 9.59 Å². The van der Waals surface area contributed by atoms with Crippen LogP contribution in [-0.4, -0.2) is 34.3 Å². The van der Waals surface area contributed by atoms with Crippen molar-refractivity contribution in [1.82, 2.24) is 15.2 Å². The van der Waals surface area contributed by atoms with E-state index < -0.39 is 6.04 Å². The monoisotopic (exact) mass is 403 g/mol. The van der Waals surface area contributed by atoms with Crippen molar-refractivity contribution in [1.29, 1.82) is 0 Å². The van der Waals surface area contributed by atoms with Gasteiger partial charge in [-0.05, 0) is 42.3 Å². The molecule has 0 spiro atoms. The Balaban J connectivity index is 1.67. The number of carbonyl (C=O) groups excluding carboxylic acids is 2. The van der Waals surface area contributed by atoms with Crippen LogP contribution >= 0.6 is 0 Å². The molecular formula is C24H25N3O3. The Hall–Kier alpha value is -3.67. The Labute approximate surface area is 176 Å². The van der Waals surface area contributed by atoms with E-state index >= 15 is 0 Å². The zero-order chi connectivity index (χ0) is 21.2. The number of para-hydroxylation sites is 1. The molecule has 0 aliphatic rings. The molecule has 0 fully saturated rings. The van der Waals surface area contributed by atoms with E-state index in [-0.39, 0.29) is 18.4 Å². The number of aromatic nitrogens is 1. The normalized spacial score (nSPS) is 11.4. The molecule has 1 N–H and O–H groups in total. The van der Waals surface area contributed by atoms with Gasteiger partial charge in [0.05, 0.1) is 0 Å². The molecule has 0 saturated carbocycles. The van der Waals surface area contributed by atoms with Gasteiger partial charge in [-0.25, -0.2) is 0 Å². The summed E-state index contributed by atoms with van der Waals surface area (Å²) in [4.78, 5) is 31.2. The molecule has 3 rings (SSSR count). The Morgan fingerprint density at radius 3 is 2.23 bits per heavy atom. The third-order valence-electron chi connectivity index (χ3n) is 4.68. The summed E-state index contributed by atoms with van der Waals surface area (Å²) in [6.07, 6.45) is 3.36. The summed E-state index contributed by atoms with van der Waals surface area (Å²) >= 11 is 0. The van der Waals surface area contributed by atoms with Crippen LogP contribution in [-0.2, 0) is 22.7 Å². The lowest BCUT2D eigenvalue weighted by Gasteiger charge is -2.28. The van der Waals surface area contributed by atoms with Crippen molar-refractivity contribution in [2.45, 2.75) is 26.1 Å². The minimum atomic E-state index is -0.654. The SMILES string of the molecule is C[C@H](C(=O)NCc1ccncc1)N(Cc1ccccc1)C(=O)COc1ccccc1. The first-order chi connectivity index (χ1) is 14.6. The van der Waals surface area contributed by atoms with Gasteiger partial charge in [0.1, 0.15) is 11.8 Å². The maximum absolute atomic E-state index is 13.0. The number of nitrogens with zero attached hydrogens (tertiary/aromatic N) is 2. The highest BCUT2D eigenvalue weighted by atomic mass is 16.5. The molecule has 0 aliphatic carbocycles. The van der Waals surface area contributed by atoms with E-state index in [1.807, 2.05) is 60.7 Å². The van der Waals surface area contributed by atoms with Gasteiger partial charge in [0, 0.05) is 25.5 Å². The van der Waals surface area contributed by atoms with Gasteiger partial charge in [0.25, 0.3) is 5.91 Å². The van der Waals surface area contributed by atoms with Crippen LogP contribution in [0, 0.1) is 0 Å². The molecule has 1 aromatic heterocycles. The van der Waals surface area contributed by atoms with Gasteiger partial charge in [-0.2, -0.15) is 0 Å². The fraction of sp³-hybridized carbons (Fsp3) is 0.208. The number of carbonyl (C=O) groups is 2. The van der Waals surface area contributed by atoms with Crippen LogP contribution in [0.15, 0.2) is 85.2 Å². The number of ether oxygens (including phenoxy) is 1. The molecule has 2 aromatic carbocycles. The van der Waals surface area contributed by atoms with Gasteiger partial charge in [-0.1, -0.05) is 48.5 Å². The standard InChI is InChI=1S/C24H25N3O3/c1-19(24(29)26-16-20-12-14-25-15-13-20)27(17-21-8-4-2-5-9-21)23(28)18-30-22-10-6-3-7-11-22/h2-15,19H,16-18H2,1H3,(H,26,29)/t19-/m1/s1. The van der Waals surface area contributed by atoms with Crippen molar-refractivity contribution in [2.24, 2.45) is 0 Å². The van der Waals surface area contributed by atoms with Crippen LogP contribution < -0.4 is 10.1 Å². The molecule has 1 atom stereocenters. The van der Waals surface area contributed by atoms with E-state index in [1.54, 1.807) is 36.4 Å². The highest BCUT2D eigenvalue weighted by Crippen LogP contribution is 2.12. The molecule has 1 heterocycles. The highest BCUT2D eigenvalue weighted by Gasteiger charge is 2.26. The van der Waals surface area contributed by atoms with Gasteiger partial charge in [-0.15, -0.1) is 0 Å². The summed E-state index contributed by atoms with van der Waals surface area (Å²) in [7, 11) is 0. The van der Waals surface area contributed by atoms with Crippen LogP contribution in [0.25, 0.3) is 0 Å². The van der Waals surface area contributed by atoms with Crippen LogP contribution in [0.3, 0.4) is 0 Å². The van der Waals surface area contributed by atoms with Gasteiger partial charge in [0.2, 0.25) is 5.91 Å². The summed E-state index contributed by atoms with van der Waals surface area (Å²) in [5.41, 5.74) is 1.89. The minimum absolute atomic E-state index is 0.140. The second-order valence-corrected chi connectivity index (χ2v) is 6.86. The van der Waals surface area contributed by atoms with E-state index in [0.29, 0.717) is 18.8 Å². The minimum Gasteiger partial charge on any atom is -0.484 e. The zero-order valence-electron chi connectivity index (χ0n) is 16.9. The van der Waals surface area contributed by atoms with Gasteiger partial charge < -0.3 is 15.0 Å². The molecule has 6 heteroatoms. The largest absolute Gasteiger partial charge is 0.484 e. The van der Waals surface area contributed by atoms with Gasteiger partial charge in [0.15, 0.2) is 6.61 Å². The van der Waals surface area contributed by atoms with E-state index in [0.717, 1.165) is 11.1 Å². The molecule has 154 valence electrons. The first kappa shape index (κ1) is 21.0. The summed E-state index contributed by atoms with van der Waals surface area (Å²) in [6.45, 7) is 2.28. The fourth-order valence-corrected chi connectivity index (χ4v) is 2.94. The number of amides is 2. The van der Waals surface area contributed by atoms with Crippen LogP contribution in [0.5, 0.6) is 5.75 Å². The molecule has 0 saturated heterocycles. The Kier molecular flexibility index (Phi) is 7.55. The van der Waals surface area contributed by atoms with Crippen molar-refractivity contribution >= 4 is 11.8 Å². The Morgan fingerprint density at radius 1 is 0.933 bits per heavy atom. The molecule has 0 aliphatic heterocycles. The third kappa shape index (κ3) is 6.17. The predicted octanol–water partition coefficient (Wildman–Crippen LogP) is 3.19. The third-order valence-corrected chi connectivity index (χ3v) is 4.68. The number of pyridine rings is 1. The van der Waals surface area contributed by atoms with Crippen molar-refractivity contribution in [3.63, 3.8) is 0 Å². The van der Waals surface area contributed by atoms with Crippen LogP contribution in [0.2, 0.25) is 0 Å². The lowest BCUT2D eigenvalue weighted by Crippen LogP contribution is -2.48. The first-order valence-electron chi connectivity index (χ1n) is 9.81. The lowest BCUT2D eigenvalue weighted by molar-refractivity contribution is -0.142. The second kappa shape index (κ2) is 10.8. The topological polar surface area (TPSA) is 71.5 Å². The predicted molar refractivity (Wildman–Crippen MR) is 114 cm³/mol. The summed E-state index contributed by atoms with van der Waals surface area (Å²) in [6, 6.07) is 21.8. The number of hydrogen-bond acceptors (Lipinski definition) is 4. The van der Waals surface area contributed by atoms with Crippen molar-refractivity contribution < 1.29 is 14.3 Å². The maximum Gasteiger partial charge on any atom is 0.261 e. The smallest absolute Gasteiger partial charge is 0.261 e. The number of nitrogens with one attached hydrogen (secondary N) is 1. The summed E-state index contributed by atoms with van der Waals surface area (Å²) in [5, 5.41) is 2.89. The molecule has 6 nitrogen and oxygen atoms in total. The molecule has 0 bridgehead atoms. The number of benzene rings is 2. The van der Waals surface area contributed by atoms with Crippen LogP contribution in [0.1, 0.15) is 18.1 Å². The van der Waals surface area contributed by atoms with Crippen molar-refractivity contribution in [3.8, 4) is 5.75 Å². The van der Waals surface area contributed by atoms with Gasteiger partial charge in [-0.3, -0.25) is 14.6 Å². The van der Waals surface area contributed by atoms with E-state index in [4.69, 9.17) is 4.74 Å². The maximum atomic E-state index is 13.0. The van der Waals surface area contributed by atoms with E-state index in [1.165, 1.54) is 0 Å². The average molecular weight is 403 g/mol. The molecule has 2 amide bonds. The second-order valence-electron chi connectivity index (χ2n) is 6.86. The highest BCUT2D eigenvalue weighted by molar-refractivity contribution is 5.87. The van der Waals surface area contributed by atoms with Crippen molar-refractivity contribution in [3.05, 3.63) is 96.3 Å². The first-order valence-corrected chi connectivity index (χ1v) is 9.81. The van der Waals surface area contributed by atoms with Gasteiger partial charge >= 0.3 is 0 Å². The number of hydrogen-bond donors (Lipinski definition) is 1. The quantitative estimate of drug-likeness (QED) is 0.596. The Bertz CT molecular complexity index is 934. The lowest BCUT2D eigenvalue weighted by atomic mass is 10.1. The van der Waals surface area contributed by atoms with E-state index in [2.05, 4.69) is 10.3 Å².